The summed E-state index contributed by atoms with van der Waals surface area (Å²) in [6, 6.07) is 12.5. The van der Waals surface area contributed by atoms with Gasteiger partial charge in [0.05, 0.1) is 53.7 Å². The summed E-state index contributed by atoms with van der Waals surface area (Å²) in [6.45, 7) is 0. The first-order valence-electron chi connectivity index (χ1n) is 11.0. The van der Waals surface area contributed by atoms with Gasteiger partial charge in [0.25, 0.3) is 0 Å². The van der Waals surface area contributed by atoms with Gasteiger partial charge in [0, 0.05) is 29.4 Å². The Bertz CT molecular complexity index is 1180. The molecule has 202 valence electrons. The van der Waals surface area contributed by atoms with Crippen LogP contribution >= 0.6 is 79.3 Å². The van der Waals surface area contributed by atoms with Gasteiger partial charge in [-0.2, -0.15) is 0 Å². The summed E-state index contributed by atoms with van der Waals surface area (Å²) < 4.78 is 33.4. The zero-order valence-electron chi connectivity index (χ0n) is 21.3. The number of ether oxygens (including phenoxy) is 6. The second-order valence-electron chi connectivity index (χ2n) is 7.46. The SMILES string of the molecule is COc1cc(SP2Sc3cc(OC)c(OC)cc3S2)c(SP2Sc3cc(OC)c(OC)cc3S2)cc1OC. The van der Waals surface area contributed by atoms with Crippen LogP contribution in [0.4, 0.5) is 0 Å². The predicted molar refractivity (Wildman–Crippen MR) is 168 cm³/mol. The van der Waals surface area contributed by atoms with Crippen LogP contribution in [-0.4, -0.2) is 42.7 Å². The molecule has 5 rings (SSSR count). The molecular weight excluding hydrogens is 639 g/mol. The molecule has 0 bridgehead atoms. The van der Waals surface area contributed by atoms with Crippen molar-refractivity contribution in [2.24, 2.45) is 0 Å². The molecule has 0 unspecified atom stereocenters. The molecule has 0 spiro atoms. The molecule has 0 saturated carbocycles. The van der Waals surface area contributed by atoms with Crippen molar-refractivity contribution in [3.8, 4) is 34.5 Å². The van der Waals surface area contributed by atoms with E-state index in [-0.39, 0.29) is 0 Å². The predicted octanol–water partition coefficient (Wildman–Crippen LogP) is 10.2. The third-order valence-electron chi connectivity index (χ3n) is 5.39. The molecule has 3 aromatic rings. The molecule has 0 aromatic heterocycles. The Hall–Kier alpha value is -0.580. The highest BCUT2D eigenvalue weighted by Crippen LogP contribution is 2.85. The Morgan fingerprint density at radius 3 is 0.895 bits per heavy atom. The van der Waals surface area contributed by atoms with Gasteiger partial charge < -0.3 is 28.4 Å². The van der Waals surface area contributed by atoms with Gasteiger partial charge in [-0.3, -0.25) is 0 Å². The van der Waals surface area contributed by atoms with Crippen LogP contribution in [0.15, 0.2) is 65.8 Å². The lowest BCUT2D eigenvalue weighted by Crippen LogP contribution is -1.91. The van der Waals surface area contributed by atoms with E-state index in [1.165, 1.54) is 29.4 Å². The van der Waals surface area contributed by atoms with E-state index in [9.17, 15) is 0 Å². The average Bonchev–Trinajstić information content (AvgIpc) is 3.53. The first-order valence-corrected chi connectivity index (χ1v) is 22.2. The Morgan fingerprint density at radius 2 is 0.658 bits per heavy atom. The molecule has 38 heavy (non-hydrogen) atoms. The van der Waals surface area contributed by atoms with E-state index < -0.39 is 11.1 Å². The topological polar surface area (TPSA) is 55.4 Å². The molecule has 0 radical (unpaired) electrons. The van der Waals surface area contributed by atoms with Crippen LogP contribution in [0.3, 0.4) is 0 Å². The molecule has 0 aliphatic carbocycles. The highest BCUT2D eigenvalue weighted by Gasteiger charge is 2.31. The van der Waals surface area contributed by atoms with Crippen LogP contribution in [0.25, 0.3) is 0 Å². The largest absolute Gasteiger partial charge is 0.493 e. The minimum atomic E-state index is -0.519. The Kier molecular flexibility index (Phi) is 9.85. The van der Waals surface area contributed by atoms with Crippen molar-refractivity contribution < 1.29 is 28.4 Å². The maximum Gasteiger partial charge on any atom is 0.161 e. The summed E-state index contributed by atoms with van der Waals surface area (Å²) in [5.74, 6) is 4.51. The highest BCUT2D eigenvalue weighted by atomic mass is 33.4. The summed E-state index contributed by atoms with van der Waals surface area (Å²) in [6.07, 6.45) is 0. The molecule has 0 N–H and O–H groups in total. The van der Waals surface area contributed by atoms with E-state index in [4.69, 9.17) is 28.4 Å². The summed E-state index contributed by atoms with van der Waals surface area (Å²) in [5.41, 5.74) is -1.04. The Labute approximate surface area is 249 Å². The monoisotopic (exact) mass is 662 g/mol. The van der Waals surface area contributed by atoms with Gasteiger partial charge in [0.2, 0.25) is 0 Å². The Morgan fingerprint density at radius 1 is 0.421 bits per heavy atom. The van der Waals surface area contributed by atoms with Crippen molar-refractivity contribution in [3.63, 3.8) is 0 Å². The van der Waals surface area contributed by atoms with Crippen molar-refractivity contribution in [2.75, 3.05) is 42.7 Å². The van der Waals surface area contributed by atoms with E-state index in [2.05, 4.69) is 36.4 Å². The van der Waals surface area contributed by atoms with Gasteiger partial charge in [-0.1, -0.05) is 68.3 Å². The van der Waals surface area contributed by atoms with Gasteiger partial charge in [0.1, 0.15) is 0 Å². The fourth-order valence-electron chi connectivity index (χ4n) is 3.55. The standard InChI is InChI=1S/C24H24O6P2S6/c1-25-13-7-19-20(8-14(13)26-2)34-31(33-19)37-23-11-17(29-5)18(30-6)12-24(23)38-32-35-21-9-15(27-3)16(28-4)10-22(21)36-32/h7-12H,1-6H3. The number of hydrogen-bond acceptors (Lipinski definition) is 12. The van der Waals surface area contributed by atoms with Gasteiger partial charge in [0.15, 0.2) is 34.5 Å². The number of hydrogen-bond donors (Lipinski definition) is 0. The van der Waals surface area contributed by atoms with Crippen molar-refractivity contribution in [3.05, 3.63) is 36.4 Å². The van der Waals surface area contributed by atoms with Crippen molar-refractivity contribution in [2.45, 2.75) is 29.4 Å². The lowest BCUT2D eigenvalue weighted by Gasteiger charge is -2.17. The number of methoxy groups -OCH3 is 6. The van der Waals surface area contributed by atoms with Crippen LogP contribution in [0.2, 0.25) is 0 Å². The van der Waals surface area contributed by atoms with Gasteiger partial charge >= 0.3 is 0 Å². The van der Waals surface area contributed by atoms with E-state index in [1.807, 2.05) is 68.3 Å². The van der Waals surface area contributed by atoms with E-state index >= 15 is 0 Å². The molecule has 0 amide bonds. The molecule has 3 aromatic carbocycles. The summed E-state index contributed by atoms with van der Waals surface area (Å²) in [4.78, 5) is 7.30. The van der Waals surface area contributed by atoms with Crippen molar-refractivity contribution in [1.29, 1.82) is 0 Å². The smallest absolute Gasteiger partial charge is 0.161 e. The second-order valence-corrected chi connectivity index (χ2v) is 26.1. The molecule has 2 heterocycles. The number of benzene rings is 3. The maximum absolute atomic E-state index is 5.67. The van der Waals surface area contributed by atoms with Crippen LogP contribution in [0.5, 0.6) is 34.5 Å². The average molecular weight is 663 g/mol. The lowest BCUT2D eigenvalue weighted by atomic mass is 10.3. The van der Waals surface area contributed by atoms with E-state index in [1.54, 1.807) is 42.7 Å². The fraction of sp³-hybridized carbons (Fsp3) is 0.250. The molecule has 0 fully saturated rings. The zero-order chi connectivity index (χ0) is 26.8. The summed E-state index contributed by atoms with van der Waals surface area (Å²) in [5, 5.41) is 0. The van der Waals surface area contributed by atoms with Gasteiger partial charge in [-0.05, 0) is 36.4 Å². The molecular formula is C24H24O6P2S6. The molecule has 0 atom stereocenters. The third kappa shape index (κ3) is 6.03. The summed E-state index contributed by atoms with van der Waals surface area (Å²) in [7, 11) is 10.1. The van der Waals surface area contributed by atoms with Crippen molar-refractivity contribution in [1.82, 2.24) is 0 Å². The van der Waals surface area contributed by atoms with Crippen LogP contribution in [-0.2, 0) is 0 Å². The maximum atomic E-state index is 5.67. The normalized spacial score (nSPS) is 14.7. The third-order valence-corrected chi connectivity index (χ3v) is 24.1. The van der Waals surface area contributed by atoms with Crippen molar-refractivity contribution >= 4 is 79.3 Å². The lowest BCUT2D eigenvalue weighted by molar-refractivity contribution is 0.352. The molecule has 2 aliphatic heterocycles. The molecule has 6 nitrogen and oxygen atoms in total. The van der Waals surface area contributed by atoms with Gasteiger partial charge in [-0.15, -0.1) is 0 Å². The van der Waals surface area contributed by atoms with Crippen LogP contribution in [0, 0.1) is 0 Å². The molecule has 0 saturated heterocycles. The minimum absolute atomic E-state index is 0.519. The van der Waals surface area contributed by atoms with Crippen LogP contribution < -0.4 is 28.4 Å². The van der Waals surface area contributed by atoms with Gasteiger partial charge in [-0.25, -0.2) is 0 Å². The van der Waals surface area contributed by atoms with E-state index in [0.29, 0.717) is 0 Å². The molecule has 2 aliphatic rings. The quantitative estimate of drug-likeness (QED) is 0.194. The zero-order valence-corrected chi connectivity index (χ0v) is 27.9. The second kappa shape index (κ2) is 12.9. The first kappa shape index (κ1) is 28.9. The first-order chi connectivity index (χ1) is 18.5. The Balaban J connectivity index is 1.39. The summed E-state index contributed by atoms with van der Waals surface area (Å²) >= 11 is 11.4. The highest BCUT2D eigenvalue weighted by molar-refractivity contribution is 9.14. The fourth-order valence-corrected chi connectivity index (χ4v) is 25.4. The van der Waals surface area contributed by atoms with E-state index in [0.717, 1.165) is 34.5 Å². The molecule has 14 heteroatoms. The number of rotatable bonds is 10. The number of fused-ring (bicyclic) bond motifs is 2. The van der Waals surface area contributed by atoms with Crippen LogP contribution in [0.1, 0.15) is 0 Å². The minimum Gasteiger partial charge on any atom is -0.493 e.